The Labute approximate surface area is 68.1 Å². The quantitative estimate of drug-likeness (QED) is 0.268. The lowest BCUT2D eigenvalue weighted by Crippen LogP contribution is -2.09. The highest BCUT2D eigenvalue weighted by atomic mass is 35.5. The zero-order valence-corrected chi connectivity index (χ0v) is 6.46. The molecule has 11 heavy (non-hydrogen) atoms. The first-order valence-corrected chi connectivity index (χ1v) is 2.91. The van der Waals surface area contributed by atoms with Gasteiger partial charge in [0.1, 0.15) is 6.07 Å². The Morgan fingerprint density at radius 3 is 2.91 bits per heavy atom. The van der Waals surface area contributed by atoms with Crippen LogP contribution in [0.2, 0.25) is 0 Å². The van der Waals surface area contributed by atoms with Gasteiger partial charge in [-0.1, -0.05) is 16.8 Å². The molecule has 0 aliphatic heterocycles. The first-order chi connectivity index (χ1) is 5.22. The van der Waals surface area contributed by atoms with Crippen LogP contribution in [0.25, 0.3) is 0 Å². The predicted octanol–water partition coefficient (Wildman–Crippen LogP) is 0.252. The smallest absolute Gasteiger partial charge is 0.372 e. The summed E-state index contributed by atoms with van der Waals surface area (Å²) in [5.41, 5.74) is 0. The SMILES string of the molecule is COC(=O)C(Cl)=NOCC#N. The minimum absolute atomic E-state index is 0.257. The maximum absolute atomic E-state index is 10.5. The second kappa shape index (κ2) is 5.50. The summed E-state index contributed by atoms with van der Waals surface area (Å²) in [6.45, 7) is -0.257. The lowest BCUT2D eigenvalue weighted by atomic mass is 10.7. The highest BCUT2D eigenvalue weighted by molar-refractivity contribution is 6.81. The summed E-state index contributed by atoms with van der Waals surface area (Å²) in [6, 6.07) is 1.64. The molecule has 0 aliphatic carbocycles. The van der Waals surface area contributed by atoms with E-state index < -0.39 is 11.1 Å². The largest absolute Gasteiger partial charge is 0.464 e. The molecule has 0 aromatic heterocycles. The Balaban J connectivity index is 3.82. The molecule has 0 saturated heterocycles. The second-order valence-electron chi connectivity index (χ2n) is 1.31. The molecule has 6 heteroatoms. The van der Waals surface area contributed by atoms with Gasteiger partial charge in [-0.05, 0) is 0 Å². The number of methoxy groups -OCH3 is 1. The van der Waals surface area contributed by atoms with Crippen LogP contribution in [-0.4, -0.2) is 24.9 Å². The van der Waals surface area contributed by atoms with Gasteiger partial charge in [-0.2, -0.15) is 5.26 Å². The molecule has 0 aliphatic rings. The number of ether oxygens (including phenoxy) is 1. The summed E-state index contributed by atoms with van der Waals surface area (Å²) in [7, 11) is 1.16. The van der Waals surface area contributed by atoms with Crippen molar-refractivity contribution in [3.8, 4) is 6.07 Å². The van der Waals surface area contributed by atoms with Gasteiger partial charge in [0.2, 0.25) is 6.61 Å². The molecule has 0 radical (unpaired) electrons. The van der Waals surface area contributed by atoms with Crippen molar-refractivity contribution in [1.82, 2.24) is 0 Å². The van der Waals surface area contributed by atoms with Crippen LogP contribution in [0.1, 0.15) is 0 Å². The molecule has 0 aromatic rings. The van der Waals surface area contributed by atoms with E-state index in [2.05, 4.69) is 14.7 Å². The fraction of sp³-hybridized carbons (Fsp3) is 0.400. The number of nitrogens with zero attached hydrogens (tertiary/aromatic N) is 2. The minimum Gasteiger partial charge on any atom is -0.464 e. The molecule has 0 bridgehead atoms. The second-order valence-corrected chi connectivity index (χ2v) is 1.66. The van der Waals surface area contributed by atoms with E-state index in [4.69, 9.17) is 16.9 Å². The van der Waals surface area contributed by atoms with Crippen LogP contribution < -0.4 is 0 Å². The molecule has 0 rings (SSSR count). The van der Waals surface area contributed by atoms with Gasteiger partial charge in [0.25, 0.3) is 5.17 Å². The van der Waals surface area contributed by atoms with Crippen LogP contribution in [0.3, 0.4) is 0 Å². The molecule has 0 atom stereocenters. The molecule has 0 aromatic carbocycles. The molecule has 60 valence electrons. The van der Waals surface area contributed by atoms with E-state index in [1.807, 2.05) is 0 Å². The van der Waals surface area contributed by atoms with Crippen molar-refractivity contribution in [3.63, 3.8) is 0 Å². The highest BCUT2D eigenvalue weighted by Gasteiger charge is 2.07. The Hall–Kier alpha value is -1.28. The number of hydrogen-bond donors (Lipinski definition) is 0. The van der Waals surface area contributed by atoms with E-state index in [1.165, 1.54) is 0 Å². The number of oxime groups is 1. The maximum atomic E-state index is 10.5. The molecule has 0 heterocycles. The van der Waals surface area contributed by atoms with Crippen molar-refractivity contribution in [3.05, 3.63) is 0 Å². The van der Waals surface area contributed by atoms with Crippen molar-refractivity contribution in [2.24, 2.45) is 5.16 Å². The predicted molar refractivity (Wildman–Crippen MR) is 36.9 cm³/mol. The van der Waals surface area contributed by atoms with Gasteiger partial charge < -0.3 is 9.57 Å². The van der Waals surface area contributed by atoms with Gasteiger partial charge >= 0.3 is 5.97 Å². The molecule has 0 unspecified atom stereocenters. The zero-order valence-electron chi connectivity index (χ0n) is 5.70. The third-order valence-corrected chi connectivity index (χ3v) is 0.851. The average Bonchev–Trinajstić information content (AvgIpc) is 2.03. The van der Waals surface area contributed by atoms with E-state index in [0.29, 0.717) is 0 Å². The Bertz CT molecular complexity index is 208. The third kappa shape index (κ3) is 4.17. The van der Waals surface area contributed by atoms with Crippen LogP contribution in [-0.2, 0) is 14.4 Å². The van der Waals surface area contributed by atoms with Crippen molar-refractivity contribution >= 4 is 22.7 Å². The topological polar surface area (TPSA) is 71.7 Å². The van der Waals surface area contributed by atoms with Crippen molar-refractivity contribution in [2.75, 3.05) is 13.7 Å². The highest BCUT2D eigenvalue weighted by Crippen LogP contribution is 1.90. The number of carbonyl (C=O) groups excluding carboxylic acids is 1. The van der Waals surface area contributed by atoms with Crippen LogP contribution in [0.5, 0.6) is 0 Å². The fourth-order valence-electron chi connectivity index (χ4n) is 0.239. The number of nitriles is 1. The molecular weight excluding hydrogens is 172 g/mol. The van der Waals surface area contributed by atoms with Crippen molar-refractivity contribution in [1.29, 1.82) is 5.26 Å². The third-order valence-electron chi connectivity index (χ3n) is 0.628. The molecule has 0 fully saturated rings. The van der Waals surface area contributed by atoms with E-state index in [0.717, 1.165) is 7.11 Å². The number of carbonyl (C=O) groups is 1. The van der Waals surface area contributed by atoms with E-state index >= 15 is 0 Å². The Morgan fingerprint density at radius 2 is 2.45 bits per heavy atom. The summed E-state index contributed by atoms with van der Waals surface area (Å²) >= 11 is 5.21. The van der Waals surface area contributed by atoms with Crippen molar-refractivity contribution in [2.45, 2.75) is 0 Å². The number of halogens is 1. The number of esters is 1. The number of rotatable bonds is 3. The summed E-state index contributed by atoms with van der Waals surface area (Å²) < 4.78 is 4.18. The first-order valence-electron chi connectivity index (χ1n) is 2.53. The maximum Gasteiger partial charge on any atom is 0.372 e. The van der Waals surface area contributed by atoms with E-state index in [9.17, 15) is 4.79 Å². The molecule has 5 nitrogen and oxygen atoms in total. The number of hydrogen-bond acceptors (Lipinski definition) is 5. The van der Waals surface area contributed by atoms with Crippen LogP contribution in [0.4, 0.5) is 0 Å². The van der Waals surface area contributed by atoms with Crippen molar-refractivity contribution < 1.29 is 14.4 Å². The molecular formula is C5H5ClN2O3. The summed E-state index contributed by atoms with van der Waals surface area (Å²) in [5.74, 6) is -0.801. The van der Waals surface area contributed by atoms with Crippen LogP contribution in [0, 0.1) is 11.3 Å². The van der Waals surface area contributed by atoms with Gasteiger partial charge in [0.05, 0.1) is 7.11 Å². The lowest BCUT2D eigenvalue weighted by Gasteiger charge is -1.93. The van der Waals surface area contributed by atoms with Gasteiger partial charge in [0.15, 0.2) is 0 Å². The van der Waals surface area contributed by atoms with Gasteiger partial charge in [-0.3, -0.25) is 0 Å². The molecule has 0 spiro atoms. The summed E-state index contributed by atoms with van der Waals surface area (Å²) in [6.07, 6.45) is 0. The Morgan fingerprint density at radius 1 is 1.82 bits per heavy atom. The first kappa shape index (κ1) is 9.72. The molecule has 0 amide bonds. The summed E-state index contributed by atoms with van der Waals surface area (Å²) in [5, 5.41) is 10.6. The van der Waals surface area contributed by atoms with E-state index in [1.54, 1.807) is 6.07 Å². The van der Waals surface area contributed by atoms with Crippen LogP contribution >= 0.6 is 11.6 Å². The zero-order chi connectivity index (χ0) is 8.69. The fourth-order valence-corrected chi connectivity index (χ4v) is 0.365. The Kier molecular flexibility index (Phi) is 4.86. The minimum atomic E-state index is -0.801. The average molecular weight is 177 g/mol. The monoisotopic (exact) mass is 176 g/mol. The normalized spacial score (nSPS) is 10.1. The standard InChI is InChI=1S/C5H5ClN2O3/c1-10-5(9)4(6)8-11-3-2-7/h3H2,1H3. The van der Waals surface area contributed by atoms with Gasteiger partial charge in [-0.15, -0.1) is 0 Å². The molecule has 0 saturated carbocycles. The van der Waals surface area contributed by atoms with Gasteiger partial charge in [0, 0.05) is 0 Å². The molecule has 0 N–H and O–H groups in total. The van der Waals surface area contributed by atoms with Gasteiger partial charge in [-0.25, -0.2) is 4.79 Å². The van der Waals surface area contributed by atoms with E-state index in [-0.39, 0.29) is 6.61 Å². The lowest BCUT2D eigenvalue weighted by molar-refractivity contribution is -0.132. The van der Waals surface area contributed by atoms with Crippen LogP contribution in [0.15, 0.2) is 5.16 Å². The summed E-state index contributed by atoms with van der Waals surface area (Å²) in [4.78, 5) is 14.7.